The molecule has 21 heavy (non-hydrogen) atoms. The average molecular weight is 317 g/mol. The highest BCUT2D eigenvalue weighted by molar-refractivity contribution is 7.89. The molecule has 0 saturated heterocycles. The topological polar surface area (TPSA) is 113 Å². The van der Waals surface area contributed by atoms with E-state index in [9.17, 15) is 13.2 Å². The minimum Gasteiger partial charge on any atom is -0.478 e. The first kappa shape index (κ1) is 17.6. The summed E-state index contributed by atoms with van der Waals surface area (Å²) in [5.41, 5.74) is 0.165. The van der Waals surface area contributed by atoms with E-state index in [1.54, 1.807) is 0 Å². The number of aliphatic hydroxyl groups excluding tert-OH is 1. The Labute approximate surface area is 123 Å². The normalized spacial score (nSPS) is 11.5. The lowest BCUT2D eigenvalue weighted by molar-refractivity contribution is 0.0696. The van der Waals surface area contributed by atoms with Crippen molar-refractivity contribution < 1.29 is 28.2 Å². The van der Waals surface area contributed by atoms with Gasteiger partial charge in [0.1, 0.15) is 0 Å². The predicted molar refractivity (Wildman–Crippen MR) is 75.8 cm³/mol. The maximum Gasteiger partial charge on any atom is 0.335 e. The molecule has 0 spiro atoms. The number of aliphatic hydroxyl groups is 1. The molecule has 0 aliphatic heterocycles. The molecule has 0 amide bonds. The van der Waals surface area contributed by atoms with Gasteiger partial charge in [0.05, 0.1) is 23.7 Å². The lowest BCUT2D eigenvalue weighted by Gasteiger charge is -2.11. The van der Waals surface area contributed by atoms with Gasteiger partial charge in [0.15, 0.2) is 0 Å². The largest absolute Gasteiger partial charge is 0.478 e. The van der Waals surface area contributed by atoms with E-state index in [2.05, 4.69) is 4.72 Å². The number of hydrogen-bond donors (Lipinski definition) is 3. The summed E-state index contributed by atoms with van der Waals surface area (Å²) in [6, 6.07) is 4.13. The van der Waals surface area contributed by atoms with Gasteiger partial charge < -0.3 is 14.9 Å². The molecule has 1 rings (SSSR count). The van der Waals surface area contributed by atoms with Crippen LogP contribution in [-0.4, -0.2) is 51.0 Å². The molecular formula is C13H19NO6S. The molecule has 1 aromatic carbocycles. The molecule has 0 aromatic heterocycles. The van der Waals surface area contributed by atoms with E-state index in [0.717, 1.165) is 0 Å². The van der Waals surface area contributed by atoms with E-state index in [0.29, 0.717) is 13.0 Å². The van der Waals surface area contributed by atoms with Gasteiger partial charge in [-0.05, 0) is 31.0 Å². The van der Waals surface area contributed by atoms with Crippen LogP contribution in [0.4, 0.5) is 0 Å². The third-order valence-corrected chi connectivity index (χ3v) is 4.40. The second-order valence-electron chi connectivity index (χ2n) is 4.32. The molecule has 0 radical (unpaired) electrons. The fourth-order valence-corrected chi connectivity index (χ4v) is 3.10. The van der Waals surface area contributed by atoms with Crippen molar-refractivity contribution in [1.29, 1.82) is 0 Å². The number of rotatable bonds is 9. The van der Waals surface area contributed by atoms with Crippen molar-refractivity contribution in [2.75, 3.05) is 26.4 Å². The summed E-state index contributed by atoms with van der Waals surface area (Å²) in [6.07, 6.45) is 0.455. The molecule has 0 atom stereocenters. The summed E-state index contributed by atoms with van der Waals surface area (Å²) in [5, 5.41) is 17.5. The van der Waals surface area contributed by atoms with Crippen molar-refractivity contribution in [2.24, 2.45) is 0 Å². The summed E-state index contributed by atoms with van der Waals surface area (Å²) in [5.74, 6) is -1.16. The summed E-state index contributed by atoms with van der Waals surface area (Å²) in [7, 11) is -3.76. The number of aromatic carboxylic acids is 1. The number of benzene rings is 1. The van der Waals surface area contributed by atoms with Crippen LogP contribution in [0.15, 0.2) is 23.1 Å². The van der Waals surface area contributed by atoms with Crippen LogP contribution in [0.2, 0.25) is 0 Å². The Morgan fingerprint density at radius 1 is 1.33 bits per heavy atom. The van der Waals surface area contributed by atoms with Crippen LogP contribution in [0.3, 0.4) is 0 Å². The van der Waals surface area contributed by atoms with Crippen LogP contribution in [-0.2, 0) is 14.8 Å². The summed E-state index contributed by atoms with van der Waals surface area (Å²) < 4.78 is 31.7. The second-order valence-corrected chi connectivity index (χ2v) is 6.06. The molecule has 0 fully saturated rings. The highest BCUT2D eigenvalue weighted by atomic mass is 32.2. The molecule has 0 aliphatic rings. The number of sulfonamides is 1. The Morgan fingerprint density at radius 3 is 2.67 bits per heavy atom. The van der Waals surface area contributed by atoms with Crippen molar-refractivity contribution in [3.63, 3.8) is 0 Å². The molecule has 0 saturated carbocycles. The molecule has 7 nitrogen and oxygen atoms in total. The van der Waals surface area contributed by atoms with Crippen molar-refractivity contribution in [2.45, 2.75) is 18.2 Å². The van der Waals surface area contributed by atoms with E-state index in [1.807, 2.05) is 0 Å². The summed E-state index contributed by atoms with van der Waals surface area (Å²) in [4.78, 5) is 11.0. The fraction of sp³-hybridized carbons (Fsp3) is 0.462. The molecular weight excluding hydrogens is 298 g/mol. The maximum absolute atomic E-state index is 12.1. The van der Waals surface area contributed by atoms with Gasteiger partial charge in [-0.25, -0.2) is 17.9 Å². The fourth-order valence-electron chi connectivity index (χ4n) is 1.76. The number of nitrogens with one attached hydrogen (secondary N) is 1. The third kappa shape index (κ3) is 5.09. The smallest absolute Gasteiger partial charge is 0.335 e. The zero-order chi connectivity index (χ0) is 15.9. The Hall–Kier alpha value is -1.48. The lowest BCUT2D eigenvalue weighted by atomic mass is 10.1. The van der Waals surface area contributed by atoms with Crippen LogP contribution in [0.5, 0.6) is 0 Å². The molecule has 1 aromatic rings. The maximum atomic E-state index is 12.1. The van der Waals surface area contributed by atoms with Crippen LogP contribution < -0.4 is 4.72 Å². The Kier molecular flexibility index (Phi) is 6.76. The van der Waals surface area contributed by atoms with Gasteiger partial charge in [-0.1, -0.05) is 6.07 Å². The van der Waals surface area contributed by atoms with E-state index in [1.165, 1.54) is 25.1 Å². The van der Waals surface area contributed by atoms with E-state index >= 15 is 0 Å². The van der Waals surface area contributed by atoms with Gasteiger partial charge >= 0.3 is 5.97 Å². The van der Waals surface area contributed by atoms with Crippen molar-refractivity contribution >= 4 is 16.0 Å². The first-order valence-electron chi connectivity index (χ1n) is 6.41. The molecule has 0 heterocycles. The van der Waals surface area contributed by atoms with Gasteiger partial charge in [0, 0.05) is 13.2 Å². The Balaban J connectivity index is 2.71. The third-order valence-electron chi connectivity index (χ3n) is 2.80. The zero-order valence-electron chi connectivity index (χ0n) is 11.7. The molecule has 118 valence electrons. The van der Waals surface area contributed by atoms with Gasteiger partial charge in [-0.15, -0.1) is 0 Å². The molecule has 8 heteroatoms. The number of hydrogen-bond acceptors (Lipinski definition) is 5. The van der Waals surface area contributed by atoms with Gasteiger partial charge in [-0.2, -0.15) is 0 Å². The highest BCUT2D eigenvalue weighted by Crippen LogP contribution is 2.18. The average Bonchev–Trinajstić information content (AvgIpc) is 2.42. The molecule has 0 unspecified atom stereocenters. The van der Waals surface area contributed by atoms with E-state index in [4.69, 9.17) is 14.9 Å². The highest BCUT2D eigenvalue weighted by Gasteiger charge is 2.19. The number of carboxylic acid groups (broad SMARTS) is 1. The van der Waals surface area contributed by atoms with Gasteiger partial charge in [0.25, 0.3) is 0 Å². The van der Waals surface area contributed by atoms with Crippen LogP contribution in [0.25, 0.3) is 0 Å². The predicted octanol–water partition coefficient (Wildman–Crippen LogP) is 0.371. The van der Waals surface area contributed by atoms with Crippen LogP contribution >= 0.6 is 0 Å². The first-order chi connectivity index (χ1) is 9.90. The zero-order valence-corrected chi connectivity index (χ0v) is 12.5. The van der Waals surface area contributed by atoms with E-state index < -0.39 is 16.0 Å². The van der Waals surface area contributed by atoms with Crippen LogP contribution in [0, 0.1) is 6.92 Å². The molecule has 0 aliphatic carbocycles. The van der Waals surface area contributed by atoms with Crippen molar-refractivity contribution in [1.82, 2.24) is 4.72 Å². The van der Waals surface area contributed by atoms with Crippen LogP contribution in [0.1, 0.15) is 22.3 Å². The van der Waals surface area contributed by atoms with Gasteiger partial charge in [0.2, 0.25) is 10.0 Å². The van der Waals surface area contributed by atoms with Crippen molar-refractivity contribution in [3.8, 4) is 0 Å². The molecule has 3 N–H and O–H groups in total. The summed E-state index contributed by atoms with van der Waals surface area (Å²) in [6.45, 7) is 2.10. The van der Waals surface area contributed by atoms with E-state index in [-0.39, 0.29) is 35.8 Å². The number of carbonyl (C=O) groups is 1. The first-order valence-corrected chi connectivity index (χ1v) is 7.89. The lowest BCUT2D eigenvalue weighted by Crippen LogP contribution is -2.26. The van der Waals surface area contributed by atoms with Crippen molar-refractivity contribution in [3.05, 3.63) is 29.3 Å². The van der Waals surface area contributed by atoms with Gasteiger partial charge in [-0.3, -0.25) is 0 Å². The monoisotopic (exact) mass is 317 g/mol. The number of ether oxygens (including phenoxy) is 1. The Bertz CT molecular complexity index is 584. The standard InChI is InChI=1S/C13H19NO6S/c1-10-11(13(16)17)4-2-5-12(10)21(18,19)14-6-3-8-20-9-7-15/h2,4-5,14-15H,3,6-9H2,1H3,(H,16,17). The molecule has 0 bridgehead atoms. The SMILES string of the molecule is Cc1c(C(=O)O)cccc1S(=O)(=O)NCCCOCCO. The minimum absolute atomic E-state index is 0.0378. The summed E-state index contributed by atoms with van der Waals surface area (Å²) >= 11 is 0. The minimum atomic E-state index is -3.76. The quantitative estimate of drug-likeness (QED) is 0.567. The second kappa shape index (κ2) is 8.08. The number of carboxylic acids is 1. The Morgan fingerprint density at radius 2 is 2.05 bits per heavy atom.